The predicted octanol–water partition coefficient (Wildman–Crippen LogP) is 0.465. The van der Waals surface area contributed by atoms with Crippen LogP contribution in [-0.4, -0.2) is 44.4 Å². The first-order valence-electron chi connectivity index (χ1n) is 7.92. The maximum absolute atomic E-state index is 13.3. The van der Waals surface area contributed by atoms with Crippen LogP contribution < -0.4 is 11.4 Å². The fourth-order valence-electron chi connectivity index (χ4n) is 3.01. The van der Waals surface area contributed by atoms with Gasteiger partial charge >= 0.3 is 5.69 Å². The molecule has 138 valence electrons. The van der Waals surface area contributed by atoms with Crippen LogP contribution in [0.15, 0.2) is 35.3 Å². The summed E-state index contributed by atoms with van der Waals surface area (Å²) < 4.78 is 6.74. The highest BCUT2D eigenvalue weighted by atomic mass is 35.5. The number of nitrogens with zero attached hydrogens (tertiary/aromatic N) is 2. The van der Waals surface area contributed by atoms with Gasteiger partial charge in [0.2, 0.25) is 11.5 Å². The van der Waals surface area contributed by atoms with Gasteiger partial charge in [0, 0.05) is 28.8 Å². The monoisotopic (exact) mass is 379 g/mol. The third kappa shape index (κ3) is 3.01. The number of nitrogen functional groups attached to an aromatic ring is 1. The van der Waals surface area contributed by atoms with Crippen molar-refractivity contribution in [2.75, 3.05) is 12.3 Å². The summed E-state index contributed by atoms with van der Waals surface area (Å²) in [5, 5.41) is 20.1. The zero-order valence-electron chi connectivity index (χ0n) is 13.9. The highest BCUT2D eigenvalue weighted by Gasteiger charge is 2.53. The molecule has 0 spiro atoms. The number of carbonyl (C=O) groups excluding carboxylic acids is 1. The molecule has 1 aromatic heterocycles. The number of aliphatic hydroxyl groups is 2. The number of rotatable bonds is 4. The lowest BCUT2D eigenvalue weighted by atomic mass is 9.96. The van der Waals surface area contributed by atoms with E-state index in [2.05, 4.69) is 4.98 Å². The van der Waals surface area contributed by atoms with E-state index in [-0.39, 0.29) is 17.8 Å². The van der Waals surface area contributed by atoms with Crippen molar-refractivity contribution >= 4 is 23.2 Å². The van der Waals surface area contributed by atoms with Crippen LogP contribution in [-0.2, 0) is 10.5 Å². The van der Waals surface area contributed by atoms with Crippen molar-refractivity contribution < 1.29 is 19.7 Å². The Morgan fingerprint density at radius 1 is 1.46 bits per heavy atom. The maximum atomic E-state index is 13.3. The molecule has 1 fully saturated rings. The second-order valence-electron chi connectivity index (χ2n) is 6.19. The maximum Gasteiger partial charge on any atom is 0.352 e. The molecule has 9 heteroatoms. The van der Waals surface area contributed by atoms with Gasteiger partial charge in [-0.2, -0.15) is 4.98 Å². The lowest BCUT2D eigenvalue weighted by Crippen LogP contribution is -2.48. The fourth-order valence-corrected chi connectivity index (χ4v) is 3.13. The molecule has 26 heavy (non-hydrogen) atoms. The van der Waals surface area contributed by atoms with Crippen LogP contribution in [0.1, 0.15) is 22.3 Å². The number of hydrogen-bond acceptors (Lipinski definition) is 7. The van der Waals surface area contributed by atoms with E-state index in [1.54, 1.807) is 6.92 Å². The Bertz CT molecular complexity index is 898. The molecule has 2 heterocycles. The van der Waals surface area contributed by atoms with Crippen molar-refractivity contribution in [3.63, 3.8) is 0 Å². The van der Waals surface area contributed by atoms with Gasteiger partial charge in [0.15, 0.2) is 0 Å². The summed E-state index contributed by atoms with van der Waals surface area (Å²) in [6.45, 7) is 1.13. The van der Waals surface area contributed by atoms with Gasteiger partial charge in [-0.25, -0.2) is 4.79 Å². The van der Waals surface area contributed by atoms with E-state index in [0.29, 0.717) is 10.6 Å². The summed E-state index contributed by atoms with van der Waals surface area (Å²) in [7, 11) is 0. The number of nitrogens with two attached hydrogens (primary N) is 1. The van der Waals surface area contributed by atoms with Crippen LogP contribution in [0, 0.1) is 6.92 Å². The Balaban J connectivity index is 2.18. The summed E-state index contributed by atoms with van der Waals surface area (Å²) in [5.74, 6) is -0.519. The Morgan fingerprint density at radius 3 is 2.69 bits per heavy atom. The lowest BCUT2D eigenvalue weighted by molar-refractivity contribution is -0.0936. The number of aliphatic hydroxyl groups excluding tert-OH is 2. The van der Waals surface area contributed by atoms with E-state index >= 15 is 0 Å². The summed E-state index contributed by atoms with van der Waals surface area (Å²) in [6, 6.07) is 6.06. The molecule has 2 aromatic rings. The molecule has 3 rings (SSSR count). The van der Waals surface area contributed by atoms with E-state index in [4.69, 9.17) is 22.1 Å². The standard InChI is InChI=1S/C17H18ClN3O5/c1-9-7-21(16(25)20-15(9)19)17(6-12(23)13(8-22)26-17)14(24)10-2-4-11(18)5-3-10/h2-5,7,12-13,22-23H,6,8H2,1H3,(H2,19,20,25)/t12-,13+,17-/m0/s1. The van der Waals surface area contributed by atoms with Crippen LogP contribution in [0.5, 0.6) is 0 Å². The molecule has 1 aliphatic rings. The predicted molar refractivity (Wildman–Crippen MR) is 94.0 cm³/mol. The van der Waals surface area contributed by atoms with E-state index < -0.39 is 36.0 Å². The van der Waals surface area contributed by atoms with Gasteiger partial charge in [0.25, 0.3) is 0 Å². The molecule has 1 aliphatic heterocycles. The topological polar surface area (TPSA) is 128 Å². The van der Waals surface area contributed by atoms with Crippen LogP contribution in [0.3, 0.4) is 0 Å². The van der Waals surface area contributed by atoms with Gasteiger partial charge in [-0.1, -0.05) is 11.6 Å². The molecular weight excluding hydrogens is 362 g/mol. The summed E-state index contributed by atoms with van der Waals surface area (Å²) in [6.07, 6.45) is -1.01. The van der Waals surface area contributed by atoms with Crippen LogP contribution in [0.4, 0.5) is 5.82 Å². The molecule has 0 unspecified atom stereocenters. The lowest BCUT2D eigenvalue weighted by Gasteiger charge is -2.30. The number of halogens is 1. The average molecular weight is 380 g/mol. The van der Waals surface area contributed by atoms with Crippen molar-refractivity contribution in [1.82, 2.24) is 9.55 Å². The van der Waals surface area contributed by atoms with Crippen molar-refractivity contribution in [1.29, 1.82) is 0 Å². The van der Waals surface area contributed by atoms with Crippen LogP contribution in [0.25, 0.3) is 0 Å². The third-order valence-corrected chi connectivity index (χ3v) is 4.69. The van der Waals surface area contributed by atoms with Gasteiger partial charge in [0.1, 0.15) is 11.9 Å². The number of ketones is 1. The zero-order valence-corrected chi connectivity index (χ0v) is 14.7. The molecule has 1 saturated heterocycles. The normalized spacial score (nSPS) is 25.4. The third-order valence-electron chi connectivity index (χ3n) is 4.44. The molecule has 0 aliphatic carbocycles. The first-order valence-corrected chi connectivity index (χ1v) is 8.29. The zero-order chi connectivity index (χ0) is 19.1. The number of aromatic nitrogens is 2. The Morgan fingerprint density at radius 2 is 2.12 bits per heavy atom. The van der Waals surface area contributed by atoms with Gasteiger partial charge in [0.05, 0.1) is 12.7 Å². The molecule has 3 atom stereocenters. The smallest absolute Gasteiger partial charge is 0.352 e. The first kappa shape index (κ1) is 18.5. The second-order valence-corrected chi connectivity index (χ2v) is 6.63. The number of ether oxygens (including phenoxy) is 1. The van der Waals surface area contributed by atoms with E-state index in [1.807, 2.05) is 0 Å². The minimum atomic E-state index is -1.84. The summed E-state index contributed by atoms with van der Waals surface area (Å²) in [4.78, 5) is 29.4. The number of benzene rings is 1. The molecule has 8 nitrogen and oxygen atoms in total. The van der Waals surface area contributed by atoms with Crippen molar-refractivity contribution in [3.8, 4) is 0 Å². The number of hydrogen-bond donors (Lipinski definition) is 3. The Labute approximate surface area is 153 Å². The second kappa shape index (κ2) is 6.81. The largest absolute Gasteiger partial charge is 0.394 e. The summed E-state index contributed by atoms with van der Waals surface area (Å²) in [5.41, 5.74) is 3.74. The molecule has 0 saturated carbocycles. The Hall–Kier alpha value is -2.26. The molecule has 0 bridgehead atoms. The van der Waals surface area contributed by atoms with Gasteiger partial charge < -0.3 is 20.7 Å². The van der Waals surface area contributed by atoms with E-state index in [0.717, 1.165) is 4.57 Å². The van der Waals surface area contributed by atoms with Crippen LogP contribution >= 0.6 is 11.6 Å². The van der Waals surface area contributed by atoms with Gasteiger partial charge in [-0.3, -0.25) is 9.36 Å². The van der Waals surface area contributed by atoms with Gasteiger partial charge in [-0.05, 0) is 31.2 Å². The van der Waals surface area contributed by atoms with Crippen molar-refractivity contribution in [2.45, 2.75) is 31.3 Å². The SMILES string of the molecule is Cc1cn([C@@]2(C(=O)c3ccc(Cl)cc3)C[C@H](O)[C@@H](CO)O2)c(=O)nc1N. The molecule has 0 amide bonds. The highest BCUT2D eigenvalue weighted by Crippen LogP contribution is 2.37. The highest BCUT2D eigenvalue weighted by molar-refractivity contribution is 6.30. The fraction of sp³-hybridized carbons (Fsp3) is 0.353. The number of Topliss-reactive ketones (excluding diaryl/α,β-unsaturated/α-hetero) is 1. The number of carbonyl (C=O) groups is 1. The average Bonchev–Trinajstić information content (AvgIpc) is 2.95. The summed E-state index contributed by atoms with van der Waals surface area (Å²) >= 11 is 5.87. The quantitative estimate of drug-likeness (QED) is 0.658. The first-order chi connectivity index (χ1) is 12.3. The minimum absolute atomic E-state index is 0.0394. The molecule has 0 radical (unpaired) electrons. The molecular formula is C17H18ClN3O5. The minimum Gasteiger partial charge on any atom is -0.394 e. The van der Waals surface area contributed by atoms with Crippen molar-refractivity contribution in [3.05, 3.63) is 57.1 Å². The van der Waals surface area contributed by atoms with Crippen molar-refractivity contribution in [2.24, 2.45) is 0 Å². The number of anilines is 1. The number of aryl methyl sites for hydroxylation is 1. The Kier molecular flexibility index (Phi) is 4.85. The van der Waals surface area contributed by atoms with Gasteiger partial charge in [-0.15, -0.1) is 0 Å². The van der Waals surface area contributed by atoms with E-state index in [1.165, 1.54) is 30.5 Å². The van der Waals surface area contributed by atoms with E-state index in [9.17, 15) is 19.8 Å². The molecule has 4 N–H and O–H groups in total. The van der Waals surface area contributed by atoms with Crippen LogP contribution in [0.2, 0.25) is 5.02 Å². The molecule has 1 aromatic carbocycles.